The molecule has 0 atom stereocenters. The molecule has 32 heavy (non-hydrogen) atoms. The number of non-ortho nitro benzene ring substituents is 1. The number of carbonyl (C=O) groups is 1. The highest BCUT2D eigenvalue weighted by Crippen LogP contribution is 2.21. The maximum atomic E-state index is 13.2. The number of hydrogen-bond donors (Lipinski definition) is 0. The summed E-state index contributed by atoms with van der Waals surface area (Å²) in [7, 11) is 0. The van der Waals surface area contributed by atoms with Gasteiger partial charge in [-0.15, -0.1) is 5.10 Å². The molecule has 0 aliphatic carbocycles. The first kappa shape index (κ1) is 20.9. The Bertz CT molecular complexity index is 1220. The highest BCUT2D eigenvalue weighted by atomic mass is 16.6. The first-order valence-electron chi connectivity index (χ1n) is 10.1. The van der Waals surface area contributed by atoms with Crippen LogP contribution in [0.1, 0.15) is 28.2 Å². The Morgan fingerprint density at radius 3 is 2.81 bits per heavy atom. The number of pyridine rings is 1. The SMILES string of the molecule is Cc1c(C(=O)N2CCCN(c3ncccc3C#N)CC2)nnn1-c1cccc([N+](=O)[O-])c1. The van der Waals surface area contributed by atoms with Gasteiger partial charge in [-0.2, -0.15) is 5.26 Å². The summed E-state index contributed by atoms with van der Waals surface area (Å²) >= 11 is 0. The van der Waals surface area contributed by atoms with E-state index in [-0.39, 0.29) is 17.3 Å². The van der Waals surface area contributed by atoms with Crippen molar-refractivity contribution in [1.29, 1.82) is 5.26 Å². The molecule has 0 N–H and O–H groups in total. The number of hydrogen-bond acceptors (Lipinski definition) is 8. The summed E-state index contributed by atoms with van der Waals surface area (Å²) in [5.74, 6) is 0.375. The van der Waals surface area contributed by atoms with Gasteiger partial charge in [0.1, 0.15) is 11.9 Å². The van der Waals surface area contributed by atoms with Gasteiger partial charge in [0.25, 0.3) is 11.6 Å². The molecule has 1 aromatic carbocycles. The Kier molecular flexibility index (Phi) is 5.76. The highest BCUT2D eigenvalue weighted by molar-refractivity contribution is 5.93. The molecule has 1 aliphatic rings. The predicted octanol–water partition coefficient (Wildman–Crippen LogP) is 2.10. The van der Waals surface area contributed by atoms with Gasteiger partial charge in [0.05, 0.1) is 21.9 Å². The molecule has 11 heteroatoms. The number of anilines is 1. The Morgan fingerprint density at radius 1 is 1.19 bits per heavy atom. The Labute approximate surface area is 183 Å². The third-order valence-corrected chi connectivity index (χ3v) is 5.37. The second-order valence-electron chi connectivity index (χ2n) is 7.33. The van der Waals surface area contributed by atoms with Crippen LogP contribution < -0.4 is 4.90 Å². The predicted molar refractivity (Wildman–Crippen MR) is 114 cm³/mol. The molecule has 0 radical (unpaired) electrons. The molecule has 0 unspecified atom stereocenters. The number of nitro benzene ring substituents is 1. The van der Waals surface area contributed by atoms with E-state index < -0.39 is 4.92 Å². The summed E-state index contributed by atoms with van der Waals surface area (Å²) in [6.45, 7) is 3.91. The lowest BCUT2D eigenvalue weighted by Gasteiger charge is -2.23. The number of nitro groups is 1. The molecule has 3 heterocycles. The van der Waals surface area contributed by atoms with Crippen LogP contribution in [-0.2, 0) is 0 Å². The van der Waals surface area contributed by atoms with Gasteiger partial charge in [-0.3, -0.25) is 14.9 Å². The molecular formula is C21H20N8O3. The van der Waals surface area contributed by atoms with Gasteiger partial charge in [-0.25, -0.2) is 9.67 Å². The molecule has 2 aromatic heterocycles. The van der Waals surface area contributed by atoms with Gasteiger partial charge in [-0.1, -0.05) is 11.3 Å². The molecule has 1 aliphatic heterocycles. The van der Waals surface area contributed by atoms with Gasteiger partial charge in [0.15, 0.2) is 5.69 Å². The normalized spacial score (nSPS) is 14.0. The lowest BCUT2D eigenvalue weighted by molar-refractivity contribution is -0.384. The van der Waals surface area contributed by atoms with Crippen LogP contribution in [0, 0.1) is 28.4 Å². The van der Waals surface area contributed by atoms with Crippen LogP contribution in [0.25, 0.3) is 5.69 Å². The maximum absolute atomic E-state index is 13.2. The standard InChI is InChI=1S/C21H20N8O3/c1-15-19(24-25-28(15)17-6-2-7-18(13-17)29(31)32)21(30)27-10-4-9-26(11-12-27)20-16(14-22)5-3-8-23-20/h2-3,5-8,13H,4,9-12H2,1H3. The zero-order valence-corrected chi connectivity index (χ0v) is 17.4. The summed E-state index contributed by atoms with van der Waals surface area (Å²) in [6.07, 6.45) is 2.37. The molecule has 1 fully saturated rings. The summed E-state index contributed by atoms with van der Waals surface area (Å²) < 4.78 is 1.43. The minimum Gasteiger partial charge on any atom is -0.354 e. The molecule has 0 saturated carbocycles. The quantitative estimate of drug-likeness (QED) is 0.452. The van der Waals surface area contributed by atoms with Crippen molar-refractivity contribution in [2.75, 3.05) is 31.1 Å². The Balaban J connectivity index is 1.53. The lowest BCUT2D eigenvalue weighted by atomic mass is 10.2. The van der Waals surface area contributed by atoms with E-state index >= 15 is 0 Å². The van der Waals surface area contributed by atoms with Crippen LogP contribution in [0.15, 0.2) is 42.6 Å². The number of benzene rings is 1. The van der Waals surface area contributed by atoms with Crippen molar-refractivity contribution >= 4 is 17.4 Å². The molecule has 162 valence electrons. The van der Waals surface area contributed by atoms with Crippen LogP contribution >= 0.6 is 0 Å². The minimum absolute atomic E-state index is 0.0656. The molecule has 0 spiro atoms. The van der Waals surface area contributed by atoms with Gasteiger partial charge >= 0.3 is 0 Å². The highest BCUT2D eigenvalue weighted by Gasteiger charge is 2.26. The largest absolute Gasteiger partial charge is 0.354 e. The first-order chi connectivity index (χ1) is 15.5. The van der Waals surface area contributed by atoms with Gasteiger partial charge in [-0.05, 0) is 31.5 Å². The molecule has 1 amide bonds. The Hall–Kier alpha value is -4.33. The Morgan fingerprint density at radius 2 is 2.03 bits per heavy atom. The van der Waals surface area contributed by atoms with E-state index in [1.807, 2.05) is 4.90 Å². The van der Waals surface area contributed by atoms with E-state index in [9.17, 15) is 20.2 Å². The van der Waals surface area contributed by atoms with Gasteiger partial charge < -0.3 is 9.80 Å². The van der Waals surface area contributed by atoms with Crippen molar-refractivity contribution in [2.45, 2.75) is 13.3 Å². The fraction of sp³-hybridized carbons (Fsp3) is 0.286. The van der Waals surface area contributed by atoms with Gasteiger partial charge in [0, 0.05) is 44.5 Å². The minimum atomic E-state index is -0.482. The van der Waals surface area contributed by atoms with Crippen LogP contribution in [0.3, 0.4) is 0 Å². The van der Waals surface area contributed by atoms with E-state index in [2.05, 4.69) is 21.4 Å². The summed E-state index contributed by atoms with van der Waals surface area (Å²) in [5, 5.41) is 28.5. The van der Waals surface area contributed by atoms with E-state index in [1.165, 1.54) is 16.8 Å². The molecule has 0 bridgehead atoms. The van der Waals surface area contributed by atoms with Crippen molar-refractivity contribution in [3.63, 3.8) is 0 Å². The third kappa shape index (κ3) is 3.98. The monoisotopic (exact) mass is 432 g/mol. The van der Waals surface area contributed by atoms with Crippen molar-refractivity contribution in [2.24, 2.45) is 0 Å². The van der Waals surface area contributed by atoms with Gasteiger partial charge in [0.2, 0.25) is 0 Å². The molecule has 4 rings (SSSR count). The number of rotatable bonds is 4. The number of aromatic nitrogens is 4. The van der Waals surface area contributed by atoms with E-state index in [0.29, 0.717) is 55.4 Å². The second-order valence-corrected chi connectivity index (χ2v) is 7.33. The third-order valence-electron chi connectivity index (χ3n) is 5.37. The smallest absolute Gasteiger partial charge is 0.276 e. The maximum Gasteiger partial charge on any atom is 0.276 e. The van der Waals surface area contributed by atoms with Crippen molar-refractivity contribution in [1.82, 2.24) is 24.9 Å². The first-order valence-corrected chi connectivity index (χ1v) is 10.1. The van der Waals surface area contributed by atoms with E-state index in [0.717, 1.165) is 0 Å². The number of nitrogens with zero attached hydrogens (tertiary/aromatic N) is 8. The van der Waals surface area contributed by atoms with Crippen LogP contribution in [0.5, 0.6) is 0 Å². The zero-order valence-electron chi connectivity index (χ0n) is 17.4. The lowest BCUT2D eigenvalue weighted by Crippen LogP contribution is -2.36. The van der Waals surface area contributed by atoms with Crippen LogP contribution in [0.4, 0.5) is 11.5 Å². The van der Waals surface area contributed by atoms with Crippen LogP contribution in [0.2, 0.25) is 0 Å². The summed E-state index contributed by atoms with van der Waals surface area (Å²) in [5.41, 5.74) is 1.62. The van der Waals surface area contributed by atoms with Crippen molar-refractivity contribution in [3.05, 3.63) is 69.7 Å². The second kappa shape index (κ2) is 8.81. The molecular weight excluding hydrogens is 412 g/mol. The average molecular weight is 432 g/mol. The summed E-state index contributed by atoms with van der Waals surface area (Å²) in [6, 6.07) is 11.6. The average Bonchev–Trinajstić information content (AvgIpc) is 3.03. The fourth-order valence-corrected chi connectivity index (χ4v) is 3.73. The molecule has 3 aromatic rings. The van der Waals surface area contributed by atoms with Crippen molar-refractivity contribution in [3.8, 4) is 11.8 Å². The number of amides is 1. The van der Waals surface area contributed by atoms with E-state index in [1.54, 1.807) is 42.3 Å². The molecule has 11 nitrogen and oxygen atoms in total. The summed E-state index contributed by atoms with van der Waals surface area (Å²) in [4.78, 5) is 31.8. The van der Waals surface area contributed by atoms with Crippen molar-refractivity contribution < 1.29 is 9.72 Å². The molecule has 1 saturated heterocycles. The topological polar surface area (TPSA) is 134 Å². The fourth-order valence-electron chi connectivity index (χ4n) is 3.73. The number of nitriles is 1. The number of carbonyl (C=O) groups excluding carboxylic acids is 1. The van der Waals surface area contributed by atoms with Crippen LogP contribution in [-0.4, -0.2) is 61.9 Å². The zero-order chi connectivity index (χ0) is 22.7. The van der Waals surface area contributed by atoms with E-state index in [4.69, 9.17) is 0 Å².